The maximum atomic E-state index is 12.3. The first kappa shape index (κ1) is 15.1. The van der Waals surface area contributed by atoms with Gasteiger partial charge in [0.1, 0.15) is 5.54 Å². The van der Waals surface area contributed by atoms with Gasteiger partial charge >= 0.3 is 0 Å². The van der Waals surface area contributed by atoms with E-state index < -0.39 is 5.54 Å². The lowest BCUT2D eigenvalue weighted by Gasteiger charge is -2.40. The van der Waals surface area contributed by atoms with Crippen molar-refractivity contribution in [3.63, 3.8) is 0 Å². The van der Waals surface area contributed by atoms with Crippen molar-refractivity contribution >= 4 is 5.91 Å². The van der Waals surface area contributed by atoms with Crippen LogP contribution in [0.1, 0.15) is 24.2 Å². The second-order valence-electron chi connectivity index (χ2n) is 5.65. The highest BCUT2D eigenvalue weighted by atomic mass is 16.3. The Morgan fingerprint density at radius 3 is 2.33 bits per heavy atom. The molecule has 0 saturated carbocycles. The van der Waals surface area contributed by atoms with E-state index in [2.05, 4.69) is 6.07 Å². The molecular weight excluding hydrogens is 270 g/mol. The van der Waals surface area contributed by atoms with Crippen molar-refractivity contribution in [2.24, 2.45) is 0 Å². The Morgan fingerprint density at radius 2 is 1.81 bits per heavy atom. The number of carbonyl (C=O) groups is 1. The monoisotopic (exact) mass is 289 g/mol. The van der Waals surface area contributed by atoms with Crippen molar-refractivity contribution in [3.05, 3.63) is 23.8 Å². The van der Waals surface area contributed by atoms with E-state index in [1.807, 2.05) is 18.7 Å². The molecule has 112 valence electrons. The summed E-state index contributed by atoms with van der Waals surface area (Å²) in [5.74, 6) is -0.725. The minimum atomic E-state index is -0.536. The SMILES string of the molecule is CC(C)(C#N)N1CCN(C(=O)c2ccc(O)c(O)c2)CC1. The molecular formula is C15H19N3O3. The Hall–Kier alpha value is -2.26. The van der Waals surface area contributed by atoms with Crippen LogP contribution in [0.25, 0.3) is 0 Å². The first-order valence-corrected chi connectivity index (χ1v) is 6.83. The van der Waals surface area contributed by atoms with E-state index in [1.54, 1.807) is 4.90 Å². The summed E-state index contributed by atoms with van der Waals surface area (Å²) < 4.78 is 0. The molecule has 0 aliphatic carbocycles. The van der Waals surface area contributed by atoms with Crippen molar-refractivity contribution in [2.75, 3.05) is 26.2 Å². The molecule has 0 atom stereocenters. The Kier molecular flexibility index (Phi) is 4.05. The number of nitrogens with zero attached hydrogens (tertiary/aromatic N) is 3. The third-order valence-corrected chi connectivity index (χ3v) is 3.85. The van der Waals surface area contributed by atoms with Crippen molar-refractivity contribution < 1.29 is 15.0 Å². The summed E-state index contributed by atoms with van der Waals surface area (Å²) in [6, 6.07) is 6.32. The largest absolute Gasteiger partial charge is 0.504 e. The van der Waals surface area contributed by atoms with Gasteiger partial charge in [-0.2, -0.15) is 5.26 Å². The fourth-order valence-corrected chi connectivity index (χ4v) is 2.38. The molecule has 1 aliphatic rings. The van der Waals surface area contributed by atoms with Crippen molar-refractivity contribution in [2.45, 2.75) is 19.4 Å². The van der Waals surface area contributed by atoms with Gasteiger partial charge in [0.25, 0.3) is 5.91 Å². The van der Waals surface area contributed by atoms with Gasteiger partial charge in [0.15, 0.2) is 11.5 Å². The summed E-state index contributed by atoms with van der Waals surface area (Å²) in [5.41, 5.74) is -0.190. The van der Waals surface area contributed by atoms with E-state index in [1.165, 1.54) is 18.2 Å². The third-order valence-electron chi connectivity index (χ3n) is 3.85. The van der Waals surface area contributed by atoms with Gasteiger partial charge < -0.3 is 15.1 Å². The number of piperazine rings is 1. The minimum absolute atomic E-state index is 0.181. The van der Waals surface area contributed by atoms with Gasteiger partial charge in [0.05, 0.1) is 6.07 Å². The molecule has 0 aromatic heterocycles. The van der Waals surface area contributed by atoms with E-state index in [0.29, 0.717) is 31.7 Å². The van der Waals surface area contributed by atoms with Crippen molar-refractivity contribution in [1.82, 2.24) is 9.80 Å². The molecule has 6 heteroatoms. The fraction of sp³-hybridized carbons (Fsp3) is 0.467. The van der Waals surface area contributed by atoms with Crippen LogP contribution in [-0.2, 0) is 0 Å². The number of amides is 1. The van der Waals surface area contributed by atoms with Crippen LogP contribution in [-0.4, -0.2) is 57.6 Å². The van der Waals surface area contributed by atoms with E-state index in [4.69, 9.17) is 5.26 Å². The Balaban J connectivity index is 2.04. The quantitative estimate of drug-likeness (QED) is 0.798. The number of aromatic hydroxyl groups is 2. The molecule has 0 bridgehead atoms. The maximum absolute atomic E-state index is 12.3. The van der Waals surface area contributed by atoms with Crippen LogP contribution in [0.5, 0.6) is 11.5 Å². The molecule has 1 fully saturated rings. The molecule has 1 heterocycles. The van der Waals surface area contributed by atoms with Gasteiger partial charge in [-0.05, 0) is 32.0 Å². The first-order valence-electron chi connectivity index (χ1n) is 6.83. The number of carbonyl (C=O) groups excluding carboxylic acids is 1. The minimum Gasteiger partial charge on any atom is -0.504 e. The second-order valence-corrected chi connectivity index (χ2v) is 5.65. The summed E-state index contributed by atoms with van der Waals surface area (Å²) in [7, 11) is 0. The van der Waals surface area contributed by atoms with E-state index >= 15 is 0 Å². The normalized spacial score (nSPS) is 16.5. The van der Waals surface area contributed by atoms with Crippen molar-refractivity contribution in [3.8, 4) is 17.6 Å². The molecule has 1 aromatic rings. The van der Waals surface area contributed by atoms with Crippen molar-refractivity contribution in [1.29, 1.82) is 5.26 Å². The maximum Gasteiger partial charge on any atom is 0.254 e. The zero-order valence-corrected chi connectivity index (χ0v) is 12.2. The number of hydrogen-bond acceptors (Lipinski definition) is 5. The van der Waals surface area contributed by atoms with Crippen LogP contribution < -0.4 is 0 Å². The molecule has 2 rings (SSSR count). The van der Waals surface area contributed by atoms with Crippen LogP contribution >= 0.6 is 0 Å². The number of benzene rings is 1. The summed E-state index contributed by atoms with van der Waals surface area (Å²) in [4.78, 5) is 16.1. The van der Waals surface area contributed by atoms with Gasteiger partial charge in [0, 0.05) is 31.7 Å². The number of phenols is 2. The first-order chi connectivity index (χ1) is 9.85. The average Bonchev–Trinajstić information content (AvgIpc) is 2.49. The van der Waals surface area contributed by atoms with Gasteiger partial charge in [-0.15, -0.1) is 0 Å². The highest BCUT2D eigenvalue weighted by molar-refractivity contribution is 5.95. The van der Waals surface area contributed by atoms with E-state index in [-0.39, 0.29) is 17.4 Å². The molecule has 1 aromatic carbocycles. The Bertz CT molecular complexity index is 584. The molecule has 1 saturated heterocycles. The number of phenolic OH excluding ortho intramolecular Hbond substituents is 2. The summed E-state index contributed by atoms with van der Waals surface area (Å²) >= 11 is 0. The Labute approximate surface area is 123 Å². The lowest BCUT2D eigenvalue weighted by Crippen LogP contribution is -2.55. The summed E-state index contributed by atoms with van der Waals surface area (Å²) in [5, 5.41) is 27.9. The van der Waals surface area contributed by atoms with Gasteiger partial charge in [-0.25, -0.2) is 0 Å². The van der Waals surface area contributed by atoms with Crippen LogP contribution in [0, 0.1) is 11.3 Å². The third kappa shape index (κ3) is 3.09. The second kappa shape index (κ2) is 5.62. The predicted octanol–water partition coefficient (Wildman–Crippen LogP) is 1.16. The highest BCUT2D eigenvalue weighted by Gasteiger charge is 2.31. The zero-order valence-electron chi connectivity index (χ0n) is 12.2. The molecule has 6 nitrogen and oxygen atoms in total. The van der Waals surface area contributed by atoms with Crippen LogP contribution in [0.2, 0.25) is 0 Å². The topological polar surface area (TPSA) is 87.8 Å². The smallest absolute Gasteiger partial charge is 0.254 e. The average molecular weight is 289 g/mol. The fourth-order valence-electron chi connectivity index (χ4n) is 2.38. The van der Waals surface area contributed by atoms with E-state index in [0.717, 1.165) is 0 Å². The van der Waals surface area contributed by atoms with Gasteiger partial charge in [-0.3, -0.25) is 9.69 Å². The lowest BCUT2D eigenvalue weighted by molar-refractivity contribution is 0.0520. The predicted molar refractivity (Wildman–Crippen MR) is 76.9 cm³/mol. The molecule has 1 amide bonds. The Morgan fingerprint density at radius 1 is 1.19 bits per heavy atom. The number of hydrogen-bond donors (Lipinski definition) is 2. The molecule has 21 heavy (non-hydrogen) atoms. The van der Waals surface area contributed by atoms with E-state index in [9.17, 15) is 15.0 Å². The zero-order chi connectivity index (χ0) is 15.6. The molecule has 0 radical (unpaired) electrons. The molecule has 1 aliphatic heterocycles. The standard InChI is InChI=1S/C15H19N3O3/c1-15(2,10-16)18-7-5-17(6-8-18)14(21)11-3-4-12(19)13(20)9-11/h3-4,9,19-20H,5-8H2,1-2H3. The van der Waals surface area contributed by atoms with Gasteiger partial charge in [0.2, 0.25) is 0 Å². The molecule has 2 N–H and O–H groups in total. The highest BCUT2D eigenvalue weighted by Crippen LogP contribution is 2.26. The van der Waals surface area contributed by atoms with Crippen LogP contribution in [0.15, 0.2) is 18.2 Å². The van der Waals surface area contributed by atoms with Crippen LogP contribution in [0.4, 0.5) is 0 Å². The molecule has 0 unspecified atom stereocenters. The molecule has 0 spiro atoms. The number of rotatable bonds is 2. The summed E-state index contributed by atoms with van der Waals surface area (Å²) in [6.07, 6.45) is 0. The van der Waals surface area contributed by atoms with Gasteiger partial charge in [-0.1, -0.05) is 0 Å². The van der Waals surface area contributed by atoms with Crippen LogP contribution in [0.3, 0.4) is 0 Å². The number of nitriles is 1. The lowest BCUT2D eigenvalue weighted by atomic mass is 10.0. The summed E-state index contributed by atoms with van der Waals surface area (Å²) in [6.45, 7) is 6.06.